The number of rotatable bonds is 12. The summed E-state index contributed by atoms with van der Waals surface area (Å²) in [6.07, 6.45) is -1.94. The minimum absolute atomic E-state index is 0.195. The highest BCUT2D eigenvalue weighted by Gasteiger charge is 2.16. The molecular formula is C34H26Cl10O12. The molecule has 0 saturated carbocycles. The summed E-state index contributed by atoms with van der Waals surface area (Å²) in [6.45, 7) is 1.92. The van der Waals surface area contributed by atoms with Crippen LogP contribution >= 0.6 is 116 Å². The van der Waals surface area contributed by atoms with Crippen LogP contribution in [0, 0.1) is 0 Å². The molecule has 22 heteroatoms. The summed E-state index contributed by atoms with van der Waals surface area (Å²) >= 11 is 57.1. The smallest absolute Gasteiger partial charge is 0.344 e. The van der Waals surface area contributed by atoms with Crippen LogP contribution in [0.15, 0.2) is 60.7 Å². The van der Waals surface area contributed by atoms with Crippen molar-refractivity contribution in [1.29, 1.82) is 0 Å². The van der Waals surface area contributed by atoms with E-state index in [0.29, 0.717) is 36.6 Å². The van der Waals surface area contributed by atoms with Crippen molar-refractivity contribution in [2.75, 3.05) is 13.2 Å². The molecule has 12 nitrogen and oxygen atoms in total. The Hall–Kier alpha value is -3.14. The SMILES string of the molecule is CC(Oc1cc(Cl)c(Cl)cc1Cl)C(=O)O.CC(Oc1ccc(Cl)cc1Cl)C(=O)O.O=C(O)COc1cc(Cl)c(Cl)cc1Cl.O=C(O)COc1ccc(Cl)cc1Cl. The van der Waals surface area contributed by atoms with Crippen LogP contribution in [-0.4, -0.2) is 69.7 Å². The van der Waals surface area contributed by atoms with Crippen LogP contribution in [0.5, 0.6) is 23.0 Å². The van der Waals surface area contributed by atoms with E-state index in [1.165, 1.54) is 62.4 Å². The third-order valence-corrected chi connectivity index (χ3v) is 8.84. The largest absolute Gasteiger partial charge is 0.480 e. The number of carbonyl (C=O) groups is 4. The summed E-state index contributed by atoms with van der Waals surface area (Å²) in [5, 5.41) is 37.0. The quantitative estimate of drug-likeness (QED) is 0.0986. The van der Waals surface area contributed by atoms with E-state index >= 15 is 0 Å². The maximum atomic E-state index is 10.5. The lowest BCUT2D eigenvalue weighted by atomic mass is 10.3. The Morgan fingerprint density at radius 1 is 0.446 bits per heavy atom. The van der Waals surface area contributed by atoms with Gasteiger partial charge in [-0.15, -0.1) is 0 Å². The Morgan fingerprint density at radius 2 is 0.768 bits per heavy atom. The van der Waals surface area contributed by atoms with Crippen molar-refractivity contribution >= 4 is 140 Å². The second-order valence-electron chi connectivity index (χ2n) is 10.1. The van der Waals surface area contributed by atoms with Crippen LogP contribution in [0.2, 0.25) is 50.2 Å². The molecule has 0 aliphatic heterocycles. The highest BCUT2D eigenvalue weighted by molar-refractivity contribution is 6.44. The van der Waals surface area contributed by atoms with Crippen molar-refractivity contribution in [3.05, 3.63) is 111 Å². The Kier molecular flexibility index (Phi) is 23.0. The van der Waals surface area contributed by atoms with Crippen molar-refractivity contribution in [1.82, 2.24) is 0 Å². The molecule has 4 N–H and O–H groups in total. The van der Waals surface area contributed by atoms with Crippen LogP contribution in [0.25, 0.3) is 0 Å². The van der Waals surface area contributed by atoms with Gasteiger partial charge >= 0.3 is 23.9 Å². The van der Waals surface area contributed by atoms with Gasteiger partial charge < -0.3 is 39.4 Å². The van der Waals surface area contributed by atoms with Gasteiger partial charge in [0.2, 0.25) is 0 Å². The predicted molar refractivity (Wildman–Crippen MR) is 218 cm³/mol. The van der Waals surface area contributed by atoms with Gasteiger partial charge in [0, 0.05) is 22.2 Å². The number of ether oxygens (including phenoxy) is 4. The normalized spacial score (nSPS) is 11.1. The molecule has 2 atom stereocenters. The zero-order valence-corrected chi connectivity index (χ0v) is 35.7. The molecule has 304 valence electrons. The van der Waals surface area contributed by atoms with Gasteiger partial charge in [0.25, 0.3) is 0 Å². The molecule has 2 unspecified atom stereocenters. The minimum Gasteiger partial charge on any atom is -0.480 e. The fraction of sp³-hybridized carbons (Fsp3) is 0.176. The third kappa shape index (κ3) is 19.3. The highest BCUT2D eigenvalue weighted by atomic mass is 35.5. The van der Waals surface area contributed by atoms with Gasteiger partial charge in [-0.25, -0.2) is 19.2 Å². The van der Waals surface area contributed by atoms with Gasteiger partial charge in [-0.05, 0) is 62.4 Å². The summed E-state index contributed by atoms with van der Waals surface area (Å²) in [5.41, 5.74) is 0. The van der Waals surface area contributed by atoms with Crippen molar-refractivity contribution in [2.24, 2.45) is 0 Å². The number of carboxylic acid groups (broad SMARTS) is 4. The second-order valence-corrected chi connectivity index (χ2v) is 14.2. The summed E-state index contributed by atoms with van der Waals surface area (Å²) < 4.78 is 19.9. The monoisotopic (exact) mass is 976 g/mol. The fourth-order valence-electron chi connectivity index (χ4n) is 3.13. The maximum absolute atomic E-state index is 10.5. The van der Waals surface area contributed by atoms with Crippen LogP contribution in [0.4, 0.5) is 0 Å². The molecule has 4 rings (SSSR count). The molecule has 0 amide bonds. The van der Waals surface area contributed by atoms with E-state index in [4.69, 9.17) is 155 Å². The second kappa shape index (κ2) is 25.3. The van der Waals surface area contributed by atoms with Crippen LogP contribution < -0.4 is 18.9 Å². The number of halogens is 10. The number of carboxylic acids is 4. The van der Waals surface area contributed by atoms with Crippen LogP contribution in [-0.2, 0) is 19.2 Å². The van der Waals surface area contributed by atoms with Gasteiger partial charge in [-0.1, -0.05) is 116 Å². The third-order valence-electron chi connectivity index (χ3n) is 5.74. The molecule has 0 fully saturated rings. The molecule has 0 aliphatic rings. The minimum atomic E-state index is -1.09. The summed E-state index contributed by atoms with van der Waals surface area (Å²) in [5.74, 6) is -3.25. The molecule has 0 spiro atoms. The number of hydrogen-bond acceptors (Lipinski definition) is 8. The first kappa shape index (κ1) is 50.9. The Balaban J connectivity index is 0.000000374. The van der Waals surface area contributed by atoms with Crippen molar-refractivity contribution < 1.29 is 58.6 Å². The molecule has 0 saturated heterocycles. The average molecular weight is 981 g/mol. The van der Waals surface area contributed by atoms with E-state index < -0.39 is 49.3 Å². The van der Waals surface area contributed by atoms with Crippen LogP contribution in [0.1, 0.15) is 13.8 Å². The topological polar surface area (TPSA) is 186 Å². The first-order valence-electron chi connectivity index (χ1n) is 14.7. The average Bonchev–Trinajstić information content (AvgIpc) is 3.09. The lowest BCUT2D eigenvalue weighted by molar-refractivity contribution is -0.145. The molecule has 0 aliphatic carbocycles. The maximum Gasteiger partial charge on any atom is 0.344 e. The van der Waals surface area contributed by atoms with E-state index in [1.807, 2.05) is 0 Å². The lowest BCUT2D eigenvalue weighted by Gasteiger charge is -2.12. The zero-order chi connectivity index (χ0) is 42.9. The summed E-state index contributed by atoms with van der Waals surface area (Å²) in [7, 11) is 0. The van der Waals surface area contributed by atoms with E-state index in [9.17, 15) is 19.2 Å². The summed E-state index contributed by atoms with van der Waals surface area (Å²) in [4.78, 5) is 41.4. The van der Waals surface area contributed by atoms with Crippen molar-refractivity contribution in [3.63, 3.8) is 0 Å². The van der Waals surface area contributed by atoms with Gasteiger partial charge in [0.1, 0.15) is 23.0 Å². The molecule has 0 bridgehead atoms. The zero-order valence-electron chi connectivity index (χ0n) is 28.2. The first-order chi connectivity index (χ1) is 26.0. The van der Waals surface area contributed by atoms with Gasteiger partial charge in [-0.3, -0.25) is 0 Å². The van der Waals surface area contributed by atoms with E-state index in [1.54, 1.807) is 12.1 Å². The molecule has 0 radical (unpaired) electrons. The van der Waals surface area contributed by atoms with E-state index in [2.05, 4.69) is 0 Å². The van der Waals surface area contributed by atoms with Gasteiger partial charge in [-0.2, -0.15) is 0 Å². The predicted octanol–water partition coefficient (Wildman–Crippen LogP) is 11.9. The fourth-order valence-corrected chi connectivity index (χ4v) is 5.22. The molecule has 0 aromatic heterocycles. The molecular weight excluding hydrogens is 955 g/mol. The lowest BCUT2D eigenvalue weighted by Crippen LogP contribution is -2.22. The molecule has 56 heavy (non-hydrogen) atoms. The Bertz CT molecular complexity index is 2000. The standard InChI is InChI=1S/C9H7Cl3O3.C9H8Cl2O3.C8H5Cl3O3.C8H6Cl2O3/c1-4(9(13)14)15-8-3-6(11)5(10)2-7(8)12;1-5(9(12)13)14-8-3-2-6(10)4-7(8)11;9-4-1-6(11)7(2-5(4)10)14-3-8(12)13;9-5-1-2-7(6(10)3-5)13-4-8(11)12/h2-4H,1H3,(H,13,14);2-5H,1H3,(H,12,13);1-2H,3H2,(H,12,13);1-3H,4H2,(H,11,12). The van der Waals surface area contributed by atoms with Crippen LogP contribution in [0.3, 0.4) is 0 Å². The number of hydrogen-bond donors (Lipinski definition) is 4. The summed E-state index contributed by atoms with van der Waals surface area (Å²) in [6, 6.07) is 14.7. The van der Waals surface area contributed by atoms with Crippen molar-refractivity contribution in [2.45, 2.75) is 26.1 Å². The highest BCUT2D eigenvalue weighted by Crippen LogP contribution is 2.35. The van der Waals surface area contributed by atoms with Gasteiger partial charge in [0.15, 0.2) is 25.4 Å². The molecule has 4 aromatic carbocycles. The van der Waals surface area contributed by atoms with Gasteiger partial charge in [0.05, 0.1) is 40.2 Å². The Labute approximate surface area is 369 Å². The molecule has 0 heterocycles. The van der Waals surface area contributed by atoms with E-state index in [-0.39, 0.29) is 36.6 Å². The first-order valence-corrected chi connectivity index (χ1v) is 18.5. The number of benzene rings is 4. The number of aliphatic carboxylic acids is 4. The van der Waals surface area contributed by atoms with E-state index in [0.717, 1.165) is 0 Å². The van der Waals surface area contributed by atoms with Crippen molar-refractivity contribution in [3.8, 4) is 23.0 Å². The Morgan fingerprint density at radius 3 is 1.16 bits per heavy atom. The molecule has 4 aromatic rings.